The fraction of sp³-hybridized carbons (Fsp3) is 1.00. The molecule has 1 heterocycles. The first-order valence-electron chi connectivity index (χ1n) is 6.61. The largest absolute Gasteiger partial charge is 0.302 e. The molecule has 1 nitrogen and oxygen atoms in total. The van der Waals surface area contributed by atoms with Crippen LogP contribution in [0.2, 0.25) is 0 Å². The monoisotopic (exact) mass is 209 g/mol. The third-order valence-electron chi connectivity index (χ3n) is 4.53. The van der Waals surface area contributed by atoms with Crippen LogP contribution in [0.1, 0.15) is 53.4 Å². The van der Waals surface area contributed by atoms with Crippen LogP contribution < -0.4 is 0 Å². The molecule has 1 aliphatic carbocycles. The Morgan fingerprint density at radius 2 is 2.07 bits per heavy atom. The van der Waals surface area contributed by atoms with Crippen LogP contribution in [0.15, 0.2) is 0 Å². The van der Waals surface area contributed by atoms with Gasteiger partial charge in [-0.3, -0.25) is 0 Å². The van der Waals surface area contributed by atoms with E-state index in [1.165, 1.54) is 45.3 Å². The highest BCUT2D eigenvalue weighted by Gasteiger charge is 2.45. The summed E-state index contributed by atoms with van der Waals surface area (Å²) in [6.45, 7) is 13.6. The highest BCUT2D eigenvalue weighted by atomic mass is 15.2. The molecule has 1 saturated carbocycles. The lowest BCUT2D eigenvalue weighted by Crippen LogP contribution is -2.28. The highest BCUT2D eigenvalue weighted by molar-refractivity contribution is 4.97. The SMILES string of the molecule is CC(C)(C)CCN1C[C@H]2CCCC2(C)C1. The molecule has 1 aliphatic heterocycles. The van der Waals surface area contributed by atoms with E-state index in [4.69, 9.17) is 0 Å². The molecule has 0 aromatic rings. The quantitative estimate of drug-likeness (QED) is 0.672. The van der Waals surface area contributed by atoms with E-state index in [-0.39, 0.29) is 0 Å². The minimum absolute atomic E-state index is 0.499. The van der Waals surface area contributed by atoms with Crippen LogP contribution >= 0.6 is 0 Å². The number of rotatable bonds is 2. The second-order valence-electron chi connectivity index (χ2n) is 7.29. The van der Waals surface area contributed by atoms with Crippen molar-refractivity contribution in [1.29, 1.82) is 0 Å². The van der Waals surface area contributed by atoms with E-state index in [1.807, 2.05) is 0 Å². The van der Waals surface area contributed by atoms with Crippen molar-refractivity contribution in [1.82, 2.24) is 4.90 Å². The van der Waals surface area contributed by atoms with Crippen molar-refractivity contribution in [3.8, 4) is 0 Å². The molecule has 0 amide bonds. The highest BCUT2D eigenvalue weighted by Crippen LogP contribution is 2.48. The van der Waals surface area contributed by atoms with E-state index in [0.717, 1.165) is 5.92 Å². The van der Waals surface area contributed by atoms with Gasteiger partial charge in [0.2, 0.25) is 0 Å². The summed E-state index contributed by atoms with van der Waals surface area (Å²) in [7, 11) is 0. The Balaban J connectivity index is 1.83. The molecule has 88 valence electrons. The predicted octanol–water partition coefficient (Wildman–Crippen LogP) is 3.54. The van der Waals surface area contributed by atoms with Crippen molar-refractivity contribution in [2.75, 3.05) is 19.6 Å². The average molecular weight is 209 g/mol. The molecule has 0 N–H and O–H groups in total. The first kappa shape index (κ1) is 11.4. The van der Waals surface area contributed by atoms with E-state index in [9.17, 15) is 0 Å². The zero-order chi connectivity index (χ0) is 11.1. The van der Waals surface area contributed by atoms with Crippen LogP contribution in [-0.4, -0.2) is 24.5 Å². The maximum atomic E-state index is 2.72. The first-order valence-corrected chi connectivity index (χ1v) is 6.61. The van der Waals surface area contributed by atoms with Gasteiger partial charge in [0.15, 0.2) is 0 Å². The van der Waals surface area contributed by atoms with E-state index in [0.29, 0.717) is 10.8 Å². The molecule has 1 saturated heterocycles. The number of fused-ring (bicyclic) bond motifs is 1. The number of hydrogen-bond acceptors (Lipinski definition) is 1. The lowest BCUT2D eigenvalue weighted by molar-refractivity contribution is 0.233. The summed E-state index contributed by atoms with van der Waals surface area (Å²) < 4.78 is 0. The normalized spacial score (nSPS) is 37.2. The van der Waals surface area contributed by atoms with Crippen molar-refractivity contribution in [2.45, 2.75) is 53.4 Å². The Kier molecular flexibility index (Phi) is 2.87. The van der Waals surface area contributed by atoms with Crippen LogP contribution in [0.25, 0.3) is 0 Å². The Morgan fingerprint density at radius 3 is 2.67 bits per heavy atom. The molecular formula is C14H27N. The van der Waals surface area contributed by atoms with Gasteiger partial charge >= 0.3 is 0 Å². The summed E-state index contributed by atoms with van der Waals surface area (Å²) in [4.78, 5) is 2.72. The Hall–Kier alpha value is -0.0400. The molecule has 0 spiro atoms. The zero-order valence-corrected chi connectivity index (χ0v) is 11.0. The zero-order valence-electron chi connectivity index (χ0n) is 11.0. The summed E-state index contributed by atoms with van der Waals surface area (Å²) in [5, 5.41) is 0. The van der Waals surface area contributed by atoms with Gasteiger partial charge in [-0.2, -0.15) is 0 Å². The Bertz CT molecular complexity index is 228. The average Bonchev–Trinajstić information content (AvgIpc) is 2.54. The molecule has 15 heavy (non-hydrogen) atoms. The Labute approximate surface area is 95.2 Å². The van der Waals surface area contributed by atoms with Crippen LogP contribution in [0.5, 0.6) is 0 Å². The fourth-order valence-corrected chi connectivity index (χ4v) is 3.38. The molecule has 2 aliphatic rings. The first-order chi connectivity index (χ1) is 6.89. The molecule has 1 heteroatoms. The van der Waals surface area contributed by atoms with Gasteiger partial charge in [-0.15, -0.1) is 0 Å². The third kappa shape index (κ3) is 2.55. The second-order valence-corrected chi connectivity index (χ2v) is 7.29. The van der Waals surface area contributed by atoms with Gasteiger partial charge in [0.1, 0.15) is 0 Å². The summed E-state index contributed by atoms with van der Waals surface area (Å²) in [5.41, 5.74) is 1.18. The maximum absolute atomic E-state index is 2.72. The van der Waals surface area contributed by atoms with Gasteiger partial charge in [-0.25, -0.2) is 0 Å². The van der Waals surface area contributed by atoms with E-state index >= 15 is 0 Å². The maximum Gasteiger partial charge on any atom is 0.00386 e. The van der Waals surface area contributed by atoms with Gasteiger partial charge in [0.25, 0.3) is 0 Å². The fourth-order valence-electron chi connectivity index (χ4n) is 3.38. The molecule has 0 aromatic carbocycles. The summed E-state index contributed by atoms with van der Waals surface area (Å²) in [6, 6.07) is 0. The Morgan fingerprint density at radius 1 is 1.33 bits per heavy atom. The van der Waals surface area contributed by atoms with Crippen molar-refractivity contribution in [2.24, 2.45) is 16.7 Å². The molecule has 0 aromatic heterocycles. The van der Waals surface area contributed by atoms with Gasteiger partial charge in [-0.1, -0.05) is 34.1 Å². The topological polar surface area (TPSA) is 3.24 Å². The van der Waals surface area contributed by atoms with Crippen molar-refractivity contribution in [3.63, 3.8) is 0 Å². The van der Waals surface area contributed by atoms with Crippen LogP contribution in [0, 0.1) is 16.7 Å². The van der Waals surface area contributed by atoms with Gasteiger partial charge in [0.05, 0.1) is 0 Å². The number of likely N-dealkylation sites (tertiary alicyclic amines) is 1. The van der Waals surface area contributed by atoms with E-state index in [1.54, 1.807) is 0 Å². The molecule has 0 bridgehead atoms. The van der Waals surface area contributed by atoms with Crippen molar-refractivity contribution >= 4 is 0 Å². The molecule has 2 fully saturated rings. The number of nitrogens with zero attached hydrogens (tertiary/aromatic N) is 1. The summed E-state index contributed by atoms with van der Waals surface area (Å²) in [6.07, 6.45) is 5.79. The van der Waals surface area contributed by atoms with E-state index < -0.39 is 0 Å². The summed E-state index contributed by atoms with van der Waals surface area (Å²) >= 11 is 0. The lowest BCUT2D eigenvalue weighted by atomic mass is 9.83. The molecular weight excluding hydrogens is 182 g/mol. The molecule has 2 rings (SSSR count). The smallest absolute Gasteiger partial charge is 0.00386 e. The second kappa shape index (κ2) is 3.76. The third-order valence-corrected chi connectivity index (χ3v) is 4.53. The van der Waals surface area contributed by atoms with Gasteiger partial charge in [-0.05, 0) is 42.6 Å². The van der Waals surface area contributed by atoms with Crippen LogP contribution in [0.3, 0.4) is 0 Å². The van der Waals surface area contributed by atoms with Gasteiger partial charge in [0, 0.05) is 13.1 Å². The number of hydrogen-bond donors (Lipinski definition) is 0. The van der Waals surface area contributed by atoms with E-state index in [2.05, 4.69) is 32.6 Å². The molecule has 2 atom stereocenters. The van der Waals surface area contributed by atoms with Crippen LogP contribution in [-0.2, 0) is 0 Å². The minimum Gasteiger partial charge on any atom is -0.302 e. The van der Waals surface area contributed by atoms with Crippen LogP contribution in [0.4, 0.5) is 0 Å². The standard InChI is InChI=1S/C14H27N/c1-13(2,3)8-9-15-10-12-6-5-7-14(12,4)11-15/h12H,5-11H2,1-4H3/t12-,14?/m1/s1. The van der Waals surface area contributed by atoms with Crippen molar-refractivity contribution in [3.05, 3.63) is 0 Å². The van der Waals surface area contributed by atoms with Crippen molar-refractivity contribution < 1.29 is 0 Å². The molecule has 0 radical (unpaired) electrons. The summed E-state index contributed by atoms with van der Waals surface area (Å²) in [5.74, 6) is 1.01. The minimum atomic E-state index is 0.499. The lowest BCUT2D eigenvalue weighted by Gasteiger charge is -2.25. The van der Waals surface area contributed by atoms with Gasteiger partial charge < -0.3 is 4.90 Å². The molecule has 1 unspecified atom stereocenters. The predicted molar refractivity (Wildman–Crippen MR) is 66.0 cm³/mol.